The van der Waals surface area contributed by atoms with Crippen molar-refractivity contribution in [2.45, 2.75) is 75.3 Å². The number of carbonyl (C=O) groups excluding carboxylic acids is 1. The number of carbonyl (C=O) groups is 1. The van der Waals surface area contributed by atoms with Gasteiger partial charge in [-0.05, 0) is 62.8 Å². The van der Waals surface area contributed by atoms with Crippen LogP contribution in [0.15, 0.2) is 18.2 Å². The molecular weight excluding hydrogens is 448 g/mol. The molecule has 32 heavy (non-hydrogen) atoms. The fourth-order valence-electron chi connectivity index (χ4n) is 4.29. The van der Waals surface area contributed by atoms with E-state index in [0.29, 0.717) is 50.8 Å². The summed E-state index contributed by atoms with van der Waals surface area (Å²) in [6, 6.07) is 0.393. The maximum atomic E-state index is 13.2. The van der Waals surface area contributed by atoms with E-state index in [2.05, 4.69) is 10.6 Å². The summed E-state index contributed by atoms with van der Waals surface area (Å²) in [7, 11) is 0. The van der Waals surface area contributed by atoms with E-state index in [4.69, 9.17) is 0 Å². The average Bonchev–Trinajstić information content (AvgIpc) is 3.12. The van der Waals surface area contributed by atoms with Crippen molar-refractivity contribution in [2.75, 3.05) is 6.54 Å². The maximum Gasteiger partial charge on any atom is 0.416 e. The van der Waals surface area contributed by atoms with Crippen LogP contribution in [0.4, 0.5) is 35.1 Å². The van der Waals surface area contributed by atoms with E-state index < -0.39 is 46.9 Å². The minimum Gasteiger partial charge on any atom is -0.349 e. The van der Waals surface area contributed by atoms with E-state index >= 15 is 0 Å². The summed E-state index contributed by atoms with van der Waals surface area (Å²) >= 11 is 0. The molecule has 1 aromatic carbocycles. The zero-order valence-corrected chi connectivity index (χ0v) is 17.1. The zero-order valence-electron chi connectivity index (χ0n) is 17.1. The van der Waals surface area contributed by atoms with Crippen LogP contribution in [0.25, 0.3) is 0 Å². The van der Waals surface area contributed by atoms with Crippen molar-refractivity contribution in [1.29, 1.82) is 0 Å². The fourth-order valence-corrected chi connectivity index (χ4v) is 4.29. The first-order valence-electron chi connectivity index (χ1n) is 10.4. The monoisotopic (exact) mass is 472 g/mol. The number of hydrogen-bond acceptors (Lipinski definition) is 2. The topological polar surface area (TPSA) is 41.1 Å². The van der Waals surface area contributed by atoms with Gasteiger partial charge in [0.15, 0.2) is 0 Å². The van der Waals surface area contributed by atoms with Gasteiger partial charge in [-0.25, -0.2) is 8.78 Å². The fraction of sp³-hybridized carbons (Fsp3) is 0.667. The van der Waals surface area contributed by atoms with Crippen LogP contribution in [-0.4, -0.2) is 30.5 Å². The third-order valence-corrected chi connectivity index (χ3v) is 6.15. The van der Waals surface area contributed by atoms with Gasteiger partial charge in [-0.2, -0.15) is 26.3 Å². The predicted molar refractivity (Wildman–Crippen MR) is 100 cm³/mol. The van der Waals surface area contributed by atoms with Crippen LogP contribution in [0.3, 0.4) is 0 Å². The van der Waals surface area contributed by atoms with Crippen molar-refractivity contribution >= 4 is 5.91 Å². The Balaban J connectivity index is 1.56. The molecular formula is C21H24F8N2O. The molecule has 0 unspecified atom stereocenters. The summed E-state index contributed by atoms with van der Waals surface area (Å²) in [5, 5.41) is 5.80. The Labute approximate surface area is 179 Å². The van der Waals surface area contributed by atoms with Crippen LogP contribution in [0.1, 0.15) is 66.4 Å². The van der Waals surface area contributed by atoms with Crippen molar-refractivity contribution in [3.8, 4) is 0 Å². The van der Waals surface area contributed by atoms with Gasteiger partial charge < -0.3 is 10.6 Å². The highest BCUT2D eigenvalue weighted by atomic mass is 19.4. The Hall–Kier alpha value is -1.91. The molecule has 0 radical (unpaired) electrons. The van der Waals surface area contributed by atoms with E-state index in [1.807, 2.05) is 0 Å². The quantitative estimate of drug-likeness (QED) is 0.533. The first-order chi connectivity index (χ1) is 14.7. The molecule has 0 spiro atoms. The Morgan fingerprint density at radius 1 is 0.875 bits per heavy atom. The van der Waals surface area contributed by atoms with Crippen molar-refractivity contribution in [2.24, 2.45) is 5.92 Å². The first-order valence-corrected chi connectivity index (χ1v) is 10.4. The molecule has 2 N–H and O–H groups in total. The minimum atomic E-state index is -5.03. The first kappa shape index (κ1) is 24.7. The Morgan fingerprint density at radius 2 is 1.41 bits per heavy atom. The molecule has 2 atom stereocenters. The largest absolute Gasteiger partial charge is 0.416 e. The lowest BCUT2D eigenvalue weighted by atomic mass is 9.86. The molecule has 0 heterocycles. The lowest BCUT2D eigenvalue weighted by Crippen LogP contribution is -2.37. The van der Waals surface area contributed by atoms with Crippen molar-refractivity contribution in [3.63, 3.8) is 0 Å². The second-order valence-electron chi connectivity index (χ2n) is 8.68. The standard InChI is InChI=1S/C21H24F8N2O/c22-19(23)5-3-12(4-6-19)11-30-16-1-2-17(10-16)31-18(32)13-7-14(20(24,25)26)9-15(8-13)21(27,28)29/h7-9,12,16-17,30H,1-6,10-11H2,(H,31,32)/t16-,17-/m0/s1. The highest BCUT2D eigenvalue weighted by Crippen LogP contribution is 2.37. The summed E-state index contributed by atoms with van der Waals surface area (Å²) in [6.45, 7) is 0.560. The number of amides is 1. The van der Waals surface area contributed by atoms with Crippen LogP contribution in [0, 0.1) is 5.92 Å². The molecule has 2 saturated carbocycles. The van der Waals surface area contributed by atoms with Crippen LogP contribution in [0.2, 0.25) is 0 Å². The third kappa shape index (κ3) is 6.55. The lowest BCUT2D eigenvalue weighted by Gasteiger charge is -2.29. The van der Waals surface area contributed by atoms with E-state index in [-0.39, 0.29) is 30.9 Å². The SMILES string of the molecule is O=C(N[C@H]1CC[C@H](NCC2CCC(F)(F)CC2)C1)c1cc(C(F)(F)F)cc(C(F)(F)F)c1. The Kier molecular flexibility index (Phi) is 7.07. The van der Waals surface area contributed by atoms with Crippen molar-refractivity contribution in [3.05, 3.63) is 34.9 Å². The van der Waals surface area contributed by atoms with Crippen LogP contribution in [0.5, 0.6) is 0 Å². The van der Waals surface area contributed by atoms with E-state index in [0.717, 1.165) is 0 Å². The summed E-state index contributed by atoms with van der Waals surface area (Å²) in [4.78, 5) is 12.4. The second kappa shape index (κ2) is 9.15. The highest BCUT2D eigenvalue weighted by molar-refractivity contribution is 5.94. The zero-order chi connectivity index (χ0) is 23.7. The Morgan fingerprint density at radius 3 is 1.94 bits per heavy atom. The molecule has 2 fully saturated rings. The molecule has 0 saturated heterocycles. The maximum absolute atomic E-state index is 13.2. The normalized spacial score (nSPS) is 24.5. The van der Waals surface area contributed by atoms with E-state index in [1.165, 1.54) is 0 Å². The second-order valence-corrected chi connectivity index (χ2v) is 8.68. The molecule has 2 aliphatic carbocycles. The molecule has 2 aliphatic rings. The summed E-state index contributed by atoms with van der Waals surface area (Å²) in [5.74, 6) is -3.47. The number of benzene rings is 1. The van der Waals surface area contributed by atoms with Crippen molar-refractivity contribution < 1.29 is 39.9 Å². The molecule has 1 amide bonds. The van der Waals surface area contributed by atoms with Gasteiger partial charge in [-0.3, -0.25) is 4.79 Å². The summed E-state index contributed by atoms with van der Waals surface area (Å²) < 4.78 is 104. The molecule has 180 valence electrons. The van der Waals surface area contributed by atoms with Gasteiger partial charge in [0.05, 0.1) is 11.1 Å². The molecule has 3 rings (SSSR count). The predicted octanol–water partition coefficient (Wildman–Crippen LogP) is 5.79. The number of nitrogens with one attached hydrogen (secondary N) is 2. The average molecular weight is 472 g/mol. The summed E-state index contributed by atoms with van der Waals surface area (Å²) in [6.07, 6.45) is -7.86. The van der Waals surface area contributed by atoms with Gasteiger partial charge in [0.25, 0.3) is 5.91 Å². The van der Waals surface area contributed by atoms with E-state index in [9.17, 15) is 39.9 Å². The smallest absolute Gasteiger partial charge is 0.349 e. The number of rotatable bonds is 5. The molecule has 0 aliphatic heterocycles. The van der Waals surface area contributed by atoms with Gasteiger partial charge in [0.1, 0.15) is 0 Å². The molecule has 1 aromatic rings. The molecule has 11 heteroatoms. The number of halogens is 8. The van der Waals surface area contributed by atoms with Gasteiger partial charge >= 0.3 is 12.4 Å². The Bertz CT molecular complexity index is 779. The van der Waals surface area contributed by atoms with Gasteiger partial charge in [-0.1, -0.05) is 0 Å². The highest BCUT2D eigenvalue weighted by Gasteiger charge is 2.38. The minimum absolute atomic E-state index is 0.00465. The van der Waals surface area contributed by atoms with Crippen LogP contribution in [-0.2, 0) is 12.4 Å². The molecule has 3 nitrogen and oxygen atoms in total. The lowest BCUT2D eigenvalue weighted by molar-refractivity contribution is -0.143. The van der Waals surface area contributed by atoms with Gasteiger partial charge in [0.2, 0.25) is 5.92 Å². The van der Waals surface area contributed by atoms with E-state index in [1.54, 1.807) is 0 Å². The van der Waals surface area contributed by atoms with Crippen LogP contribution >= 0.6 is 0 Å². The number of hydrogen-bond donors (Lipinski definition) is 2. The van der Waals surface area contributed by atoms with Gasteiger partial charge in [0, 0.05) is 30.5 Å². The van der Waals surface area contributed by atoms with Crippen LogP contribution < -0.4 is 10.6 Å². The van der Waals surface area contributed by atoms with Crippen molar-refractivity contribution in [1.82, 2.24) is 10.6 Å². The third-order valence-electron chi connectivity index (χ3n) is 6.15. The van der Waals surface area contributed by atoms with Gasteiger partial charge in [-0.15, -0.1) is 0 Å². The molecule has 0 bridgehead atoms. The summed E-state index contributed by atoms with van der Waals surface area (Å²) in [5.41, 5.74) is -3.78. The molecule has 0 aromatic heterocycles. The number of alkyl halides is 8.